The number of hydrogen-bond acceptors (Lipinski definition) is 4. The number of thiazole rings is 1. The summed E-state index contributed by atoms with van der Waals surface area (Å²) in [6.45, 7) is 2.13. The van der Waals surface area contributed by atoms with Crippen LogP contribution in [0.1, 0.15) is 18.5 Å². The van der Waals surface area contributed by atoms with E-state index in [9.17, 15) is 0 Å². The first kappa shape index (κ1) is 11.1. The van der Waals surface area contributed by atoms with Crippen molar-refractivity contribution in [3.63, 3.8) is 0 Å². The summed E-state index contributed by atoms with van der Waals surface area (Å²) in [6, 6.07) is 4.22. The average Bonchev–Trinajstić information content (AvgIpc) is 3.09. The molecule has 4 nitrogen and oxygen atoms in total. The standard InChI is InChI=1S/C13H12N4S/c1-10(11-3-2-4-14-9-11)17-7-5-15-12(17)13-16-6-8-18-13/h2-10H,1H3. The largest absolute Gasteiger partial charge is 0.322 e. The van der Waals surface area contributed by atoms with Gasteiger partial charge in [0.05, 0.1) is 6.04 Å². The molecule has 3 aromatic heterocycles. The normalized spacial score (nSPS) is 12.5. The van der Waals surface area contributed by atoms with E-state index in [2.05, 4.69) is 32.5 Å². The third-order valence-electron chi connectivity index (χ3n) is 2.88. The zero-order valence-electron chi connectivity index (χ0n) is 9.89. The molecule has 1 atom stereocenters. The van der Waals surface area contributed by atoms with Gasteiger partial charge >= 0.3 is 0 Å². The third-order valence-corrected chi connectivity index (χ3v) is 3.65. The highest BCUT2D eigenvalue weighted by Gasteiger charge is 2.14. The molecule has 0 radical (unpaired) electrons. The van der Waals surface area contributed by atoms with Gasteiger partial charge in [0.1, 0.15) is 0 Å². The van der Waals surface area contributed by atoms with Crippen LogP contribution in [0.25, 0.3) is 10.8 Å². The predicted octanol–water partition coefficient (Wildman–Crippen LogP) is 3.01. The number of rotatable bonds is 3. The second-order valence-corrected chi connectivity index (χ2v) is 4.85. The van der Waals surface area contributed by atoms with Crippen molar-refractivity contribution < 1.29 is 0 Å². The Morgan fingerprint density at radius 1 is 1.22 bits per heavy atom. The quantitative estimate of drug-likeness (QED) is 0.723. The van der Waals surface area contributed by atoms with Gasteiger partial charge in [0.15, 0.2) is 10.8 Å². The van der Waals surface area contributed by atoms with E-state index >= 15 is 0 Å². The third kappa shape index (κ3) is 1.93. The first-order chi connectivity index (χ1) is 8.86. The van der Waals surface area contributed by atoms with Crippen LogP contribution >= 0.6 is 11.3 Å². The van der Waals surface area contributed by atoms with Crippen molar-refractivity contribution in [3.8, 4) is 10.8 Å². The molecule has 5 heteroatoms. The summed E-state index contributed by atoms with van der Waals surface area (Å²) in [6.07, 6.45) is 9.26. The van der Waals surface area contributed by atoms with Crippen LogP contribution < -0.4 is 0 Å². The van der Waals surface area contributed by atoms with Gasteiger partial charge in [-0.15, -0.1) is 11.3 Å². The SMILES string of the molecule is CC(c1cccnc1)n1ccnc1-c1nccs1. The minimum absolute atomic E-state index is 0.195. The second-order valence-electron chi connectivity index (χ2n) is 3.96. The molecule has 0 amide bonds. The van der Waals surface area contributed by atoms with Crippen LogP contribution in [0.4, 0.5) is 0 Å². The minimum Gasteiger partial charge on any atom is -0.322 e. The van der Waals surface area contributed by atoms with Crippen LogP contribution in [0.3, 0.4) is 0 Å². The Balaban J connectivity index is 2.01. The van der Waals surface area contributed by atoms with Crippen molar-refractivity contribution in [1.29, 1.82) is 0 Å². The lowest BCUT2D eigenvalue weighted by Crippen LogP contribution is -2.07. The van der Waals surface area contributed by atoms with E-state index in [1.807, 2.05) is 30.0 Å². The Morgan fingerprint density at radius 3 is 2.89 bits per heavy atom. The molecule has 0 fully saturated rings. The summed E-state index contributed by atoms with van der Waals surface area (Å²) in [5.74, 6) is 0.904. The highest BCUT2D eigenvalue weighted by Crippen LogP contribution is 2.25. The Morgan fingerprint density at radius 2 is 2.17 bits per heavy atom. The number of hydrogen-bond donors (Lipinski definition) is 0. The van der Waals surface area contributed by atoms with Crippen LogP contribution in [-0.4, -0.2) is 19.5 Å². The maximum absolute atomic E-state index is 4.40. The van der Waals surface area contributed by atoms with Crippen molar-refractivity contribution in [1.82, 2.24) is 19.5 Å². The van der Waals surface area contributed by atoms with Gasteiger partial charge in [-0.1, -0.05) is 6.07 Å². The molecule has 0 aliphatic rings. The molecule has 3 aromatic rings. The Hall–Kier alpha value is -2.01. The summed E-state index contributed by atoms with van der Waals surface area (Å²) in [7, 11) is 0. The average molecular weight is 256 g/mol. The van der Waals surface area contributed by atoms with Crippen molar-refractivity contribution >= 4 is 11.3 Å². The minimum atomic E-state index is 0.195. The molecule has 0 bridgehead atoms. The molecule has 0 aliphatic carbocycles. The fraction of sp³-hybridized carbons (Fsp3) is 0.154. The molecule has 3 heterocycles. The molecule has 90 valence electrons. The highest BCUT2D eigenvalue weighted by molar-refractivity contribution is 7.13. The van der Waals surface area contributed by atoms with Crippen molar-refractivity contribution in [2.75, 3.05) is 0 Å². The lowest BCUT2D eigenvalue weighted by Gasteiger charge is -2.15. The van der Waals surface area contributed by atoms with Crippen LogP contribution in [0.5, 0.6) is 0 Å². The Labute approximate surface area is 109 Å². The molecular formula is C13H12N4S. The molecule has 0 saturated heterocycles. The van der Waals surface area contributed by atoms with E-state index in [1.54, 1.807) is 23.7 Å². The zero-order chi connectivity index (χ0) is 12.4. The Bertz CT molecular complexity index is 616. The molecule has 0 N–H and O–H groups in total. The van der Waals surface area contributed by atoms with E-state index in [0.29, 0.717) is 0 Å². The molecular weight excluding hydrogens is 244 g/mol. The summed E-state index contributed by atoms with van der Waals surface area (Å²) >= 11 is 1.60. The van der Waals surface area contributed by atoms with E-state index in [4.69, 9.17) is 0 Å². The van der Waals surface area contributed by atoms with Crippen LogP contribution in [-0.2, 0) is 0 Å². The van der Waals surface area contributed by atoms with Gasteiger partial charge in [-0.05, 0) is 18.6 Å². The van der Waals surface area contributed by atoms with Crippen LogP contribution in [0, 0.1) is 0 Å². The topological polar surface area (TPSA) is 43.6 Å². The van der Waals surface area contributed by atoms with Crippen molar-refractivity contribution in [2.45, 2.75) is 13.0 Å². The van der Waals surface area contributed by atoms with Gasteiger partial charge in [0.2, 0.25) is 0 Å². The second kappa shape index (κ2) is 4.70. The predicted molar refractivity (Wildman–Crippen MR) is 71.4 cm³/mol. The Kier molecular flexibility index (Phi) is 2.90. The smallest absolute Gasteiger partial charge is 0.169 e. The summed E-state index contributed by atoms with van der Waals surface area (Å²) in [4.78, 5) is 12.9. The molecule has 18 heavy (non-hydrogen) atoms. The van der Waals surface area contributed by atoms with Gasteiger partial charge in [0.25, 0.3) is 0 Å². The van der Waals surface area contributed by atoms with Crippen molar-refractivity contribution in [3.05, 3.63) is 54.1 Å². The molecule has 0 saturated carbocycles. The number of pyridine rings is 1. The van der Waals surface area contributed by atoms with Gasteiger partial charge in [-0.3, -0.25) is 4.98 Å². The highest BCUT2D eigenvalue weighted by atomic mass is 32.1. The maximum Gasteiger partial charge on any atom is 0.169 e. The summed E-state index contributed by atoms with van der Waals surface area (Å²) < 4.78 is 2.12. The fourth-order valence-corrected chi connectivity index (χ4v) is 2.54. The van der Waals surface area contributed by atoms with E-state index in [1.165, 1.54) is 0 Å². The van der Waals surface area contributed by atoms with Crippen molar-refractivity contribution in [2.24, 2.45) is 0 Å². The first-order valence-electron chi connectivity index (χ1n) is 5.69. The van der Waals surface area contributed by atoms with E-state index in [-0.39, 0.29) is 6.04 Å². The maximum atomic E-state index is 4.40. The summed E-state index contributed by atoms with van der Waals surface area (Å²) in [5, 5.41) is 2.90. The van der Waals surface area contributed by atoms with Gasteiger partial charge in [0, 0.05) is 36.4 Å². The van der Waals surface area contributed by atoms with Gasteiger partial charge in [-0.2, -0.15) is 0 Å². The fourth-order valence-electron chi connectivity index (χ4n) is 1.91. The number of imidazole rings is 1. The molecule has 1 unspecified atom stereocenters. The van der Waals surface area contributed by atoms with Crippen LogP contribution in [0.15, 0.2) is 48.5 Å². The lowest BCUT2D eigenvalue weighted by molar-refractivity contribution is 0.643. The molecule has 0 aliphatic heterocycles. The first-order valence-corrected chi connectivity index (χ1v) is 6.57. The van der Waals surface area contributed by atoms with Crippen LogP contribution in [0.2, 0.25) is 0 Å². The lowest BCUT2D eigenvalue weighted by atomic mass is 10.1. The monoisotopic (exact) mass is 256 g/mol. The van der Waals surface area contributed by atoms with E-state index < -0.39 is 0 Å². The molecule has 3 rings (SSSR count). The number of aromatic nitrogens is 4. The molecule has 0 spiro atoms. The molecule has 0 aromatic carbocycles. The summed E-state index contributed by atoms with van der Waals surface area (Å²) in [5.41, 5.74) is 1.16. The number of nitrogens with zero attached hydrogens (tertiary/aromatic N) is 4. The van der Waals surface area contributed by atoms with Gasteiger partial charge < -0.3 is 4.57 Å². The zero-order valence-corrected chi connectivity index (χ0v) is 10.7. The van der Waals surface area contributed by atoms with Gasteiger partial charge in [-0.25, -0.2) is 9.97 Å². The van der Waals surface area contributed by atoms with E-state index in [0.717, 1.165) is 16.4 Å².